The predicted octanol–water partition coefficient (Wildman–Crippen LogP) is 4.32. The Hall–Kier alpha value is -3.31. The number of hydrogen-bond donors (Lipinski definition) is 1. The highest BCUT2D eigenvalue weighted by atomic mass is 35.5. The molecule has 2 amide bonds. The van der Waals surface area contributed by atoms with Crippen molar-refractivity contribution >= 4 is 29.4 Å². The normalized spacial score (nSPS) is 19.9. The Morgan fingerprint density at radius 2 is 1.95 bits per heavy atom. The summed E-state index contributed by atoms with van der Waals surface area (Å²) in [6.45, 7) is 7.33. The van der Waals surface area contributed by atoms with E-state index in [1.54, 1.807) is 30.6 Å². The van der Waals surface area contributed by atoms with Crippen molar-refractivity contribution in [1.82, 2.24) is 14.8 Å². The van der Waals surface area contributed by atoms with Gasteiger partial charge < -0.3 is 34.0 Å². The second kappa shape index (κ2) is 10.9. The van der Waals surface area contributed by atoms with Crippen molar-refractivity contribution in [3.63, 3.8) is 0 Å². The summed E-state index contributed by atoms with van der Waals surface area (Å²) in [5, 5.41) is 10.5. The topological polar surface area (TPSA) is 105 Å². The Bertz CT molecular complexity index is 1290. The third-order valence-corrected chi connectivity index (χ3v) is 7.76. The first-order chi connectivity index (χ1) is 19.0. The third kappa shape index (κ3) is 5.36. The number of nitrogens with zero attached hydrogens (tertiary/aromatic N) is 4. The van der Waals surface area contributed by atoms with E-state index in [9.17, 15) is 14.7 Å². The summed E-state index contributed by atoms with van der Waals surface area (Å²) in [4.78, 5) is 36.8. The number of fused-ring (bicyclic) bond motifs is 2. The molecule has 0 saturated carbocycles. The minimum atomic E-state index is -0.709. The molecule has 0 bridgehead atoms. The van der Waals surface area contributed by atoms with E-state index in [-0.39, 0.29) is 70.8 Å². The van der Waals surface area contributed by atoms with Gasteiger partial charge in [-0.2, -0.15) is 0 Å². The van der Waals surface area contributed by atoms with Gasteiger partial charge in [-0.05, 0) is 45.7 Å². The first-order valence-corrected chi connectivity index (χ1v) is 13.8. The number of aromatic hydroxyl groups is 1. The van der Waals surface area contributed by atoms with E-state index in [1.807, 2.05) is 11.9 Å². The van der Waals surface area contributed by atoms with Crippen LogP contribution in [0.25, 0.3) is 11.3 Å². The molecular formula is C28H34ClFN4O6. The SMILES string of the molecule is CN(c1nc(-c2c(O)cccc2F)c(Cl)c2c1C(=O)N1CCN(C(=O)OC(C)(C)C)C[C@@H]1CO2)C1CCOCC1. The molecule has 0 radical (unpaired) electrons. The maximum atomic E-state index is 15.0. The summed E-state index contributed by atoms with van der Waals surface area (Å²) in [6.07, 6.45) is 0.961. The van der Waals surface area contributed by atoms with E-state index in [4.69, 9.17) is 30.8 Å². The number of benzene rings is 1. The Morgan fingerprint density at radius 3 is 2.62 bits per heavy atom. The third-order valence-electron chi connectivity index (χ3n) is 7.41. The second-order valence-electron chi connectivity index (χ2n) is 11.3. The van der Waals surface area contributed by atoms with Crippen LogP contribution in [0.5, 0.6) is 11.5 Å². The van der Waals surface area contributed by atoms with Crippen molar-refractivity contribution in [1.29, 1.82) is 0 Å². The first-order valence-electron chi connectivity index (χ1n) is 13.4. The van der Waals surface area contributed by atoms with E-state index in [0.29, 0.717) is 32.6 Å². The number of hydrogen-bond acceptors (Lipinski definition) is 8. The van der Waals surface area contributed by atoms with Gasteiger partial charge in [0.1, 0.15) is 45.9 Å². The first kappa shape index (κ1) is 28.2. The van der Waals surface area contributed by atoms with E-state index in [0.717, 1.165) is 0 Å². The monoisotopic (exact) mass is 576 g/mol. The van der Waals surface area contributed by atoms with Crippen LogP contribution in [-0.2, 0) is 9.47 Å². The molecule has 2 aromatic rings. The van der Waals surface area contributed by atoms with Gasteiger partial charge in [-0.1, -0.05) is 17.7 Å². The van der Waals surface area contributed by atoms with E-state index in [2.05, 4.69) is 0 Å². The molecule has 0 spiro atoms. The van der Waals surface area contributed by atoms with Gasteiger partial charge in [0, 0.05) is 45.9 Å². The Labute approximate surface area is 237 Å². The van der Waals surface area contributed by atoms with Gasteiger partial charge in [-0.15, -0.1) is 0 Å². The van der Waals surface area contributed by atoms with Crippen LogP contribution in [0.1, 0.15) is 44.0 Å². The van der Waals surface area contributed by atoms with Crippen molar-refractivity contribution in [3.05, 3.63) is 34.6 Å². The molecule has 3 aliphatic heterocycles. The molecule has 3 aliphatic rings. The molecule has 216 valence electrons. The van der Waals surface area contributed by atoms with E-state index < -0.39 is 23.6 Å². The fourth-order valence-electron chi connectivity index (χ4n) is 5.35. The highest BCUT2D eigenvalue weighted by molar-refractivity contribution is 6.35. The lowest BCUT2D eigenvalue weighted by Gasteiger charge is -2.40. The van der Waals surface area contributed by atoms with Gasteiger partial charge in [-0.3, -0.25) is 4.79 Å². The molecule has 12 heteroatoms. The zero-order valence-corrected chi connectivity index (χ0v) is 23.8. The molecule has 1 aromatic heterocycles. The molecule has 2 fully saturated rings. The van der Waals surface area contributed by atoms with Crippen LogP contribution in [0.4, 0.5) is 15.0 Å². The summed E-state index contributed by atoms with van der Waals surface area (Å²) in [7, 11) is 1.83. The molecule has 0 unspecified atom stereocenters. The Balaban J connectivity index is 1.58. The molecular weight excluding hydrogens is 543 g/mol. The van der Waals surface area contributed by atoms with E-state index in [1.165, 1.54) is 18.2 Å². The van der Waals surface area contributed by atoms with Crippen molar-refractivity contribution < 1.29 is 33.3 Å². The van der Waals surface area contributed by atoms with Crippen LogP contribution in [-0.4, -0.2) is 96.1 Å². The molecule has 1 N–H and O–H groups in total. The average molecular weight is 577 g/mol. The largest absolute Gasteiger partial charge is 0.507 e. The summed E-state index contributed by atoms with van der Waals surface area (Å²) >= 11 is 6.80. The molecule has 10 nitrogen and oxygen atoms in total. The number of anilines is 1. The Morgan fingerprint density at radius 1 is 1.23 bits per heavy atom. The number of carbonyl (C=O) groups excluding carboxylic acids is 2. The van der Waals surface area contributed by atoms with Crippen LogP contribution >= 0.6 is 11.6 Å². The lowest BCUT2D eigenvalue weighted by molar-refractivity contribution is 0.000950. The van der Waals surface area contributed by atoms with Gasteiger partial charge in [0.25, 0.3) is 5.91 Å². The number of rotatable bonds is 3. The van der Waals surface area contributed by atoms with Crippen LogP contribution < -0.4 is 9.64 Å². The number of phenols is 1. The number of halogens is 2. The zero-order valence-electron chi connectivity index (χ0n) is 23.1. The molecule has 4 heterocycles. The maximum Gasteiger partial charge on any atom is 0.410 e. The summed E-state index contributed by atoms with van der Waals surface area (Å²) in [6, 6.07) is 3.47. The van der Waals surface area contributed by atoms with Gasteiger partial charge in [-0.25, -0.2) is 14.2 Å². The standard InChI is InChI=1S/C28H34ClFN4O6/c1-28(2,3)40-27(37)33-10-11-34-17(14-33)15-39-24-21(26(34)36)25(32(4)16-8-12-38-13-9-16)31-23(22(24)29)20-18(30)6-5-7-19(20)35/h5-7,16-17,35H,8-15H2,1-4H3/t17-/m1/s1. The van der Waals surface area contributed by atoms with Crippen LogP contribution in [0.15, 0.2) is 18.2 Å². The van der Waals surface area contributed by atoms with Gasteiger partial charge >= 0.3 is 6.09 Å². The van der Waals surface area contributed by atoms with Crippen molar-refractivity contribution in [2.24, 2.45) is 0 Å². The summed E-state index contributed by atoms with van der Waals surface area (Å²) in [5.74, 6) is -1.02. The number of pyridine rings is 1. The molecule has 1 atom stereocenters. The number of piperazine rings is 1. The van der Waals surface area contributed by atoms with Crippen molar-refractivity contribution in [3.8, 4) is 22.8 Å². The number of aromatic nitrogens is 1. The summed E-state index contributed by atoms with van der Waals surface area (Å²) < 4.78 is 32.3. The Kier molecular flexibility index (Phi) is 7.71. The van der Waals surface area contributed by atoms with Crippen molar-refractivity contribution in [2.75, 3.05) is 51.4 Å². The van der Waals surface area contributed by atoms with Crippen LogP contribution in [0.2, 0.25) is 5.02 Å². The molecule has 0 aliphatic carbocycles. The van der Waals surface area contributed by atoms with Gasteiger partial charge in [0.2, 0.25) is 0 Å². The fraction of sp³-hybridized carbons (Fsp3) is 0.536. The van der Waals surface area contributed by atoms with Crippen LogP contribution in [0.3, 0.4) is 0 Å². The molecule has 5 rings (SSSR count). The zero-order chi connectivity index (χ0) is 28.8. The maximum absolute atomic E-state index is 15.0. The van der Waals surface area contributed by atoms with Gasteiger partial charge in [0.05, 0.1) is 11.6 Å². The van der Waals surface area contributed by atoms with E-state index >= 15 is 4.39 Å². The number of ether oxygens (including phenoxy) is 3. The minimum absolute atomic E-state index is 0.00413. The summed E-state index contributed by atoms with van der Waals surface area (Å²) in [5.41, 5.74) is -0.677. The van der Waals surface area contributed by atoms with Crippen LogP contribution in [0, 0.1) is 5.82 Å². The number of amides is 2. The highest BCUT2D eigenvalue weighted by Crippen LogP contribution is 2.46. The number of phenolic OH excluding ortho intramolecular Hbond substituents is 1. The average Bonchev–Trinajstić information content (AvgIpc) is 3.05. The highest BCUT2D eigenvalue weighted by Gasteiger charge is 2.42. The molecule has 40 heavy (non-hydrogen) atoms. The lowest BCUT2D eigenvalue weighted by atomic mass is 10.0. The quantitative estimate of drug-likeness (QED) is 0.576. The molecule has 1 aromatic carbocycles. The predicted molar refractivity (Wildman–Crippen MR) is 147 cm³/mol. The smallest absolute Gasteiger partial charge is 0.410 e. The fourth-order valence-corrected chi connectivity index (χ4v) is 5.64. The minimum Gasteiger partial charge on any atom is -0.507 e. The van der Waals surface area contributed by atoms with Crippen molar-refractivity contribution in [2.45, 2.75) is 51.3 Å². The second-order valence-corrected chi connectivity index (χ2v) is 11.7. The van der Waals surface area contributed by atoms with Gasteiger partial charge in [0.15, 0.2) is 5.75 Å². The lowest BCUT2D eigenvalue weighted by Crippen LogP contribution is -2.58. The molecule has 2 saturated heterocycles. The number of carbonyl (C=O) groups is 2.